The molecule has 10 heteroatoms. The Morgan fingerprint density at radius 1 is 1.09 bits per heavy atom. The topological polar surface area (TPSA) is 137 Å². The van der Waals surface area contributed by atoms with Crippen molar-refractivity contribution in [3.8, 4) is 11.3 Å². The third-order valence-electron chi connectivity index (χ3n) is 4.75. The molecule has 162 valence electrons. The van der Waals surface area contributed by atoms with E-state index in [1.165, 1.54) is 48.5 Å². The number of aromatic carboxylic acids is 1. The maximum Gasteiger partial charge on any atom is 0.335 e. The van der Waals surface area contributed by atoms with E-state index in [0.717, 1.165) is 5.01 Å². The SMILES string of the molecule is CC1=NN(c2cccc(C(=O)O)c2)C(=O)/C1=C\c1ccc(-c2ccc(S(=O)(=O)O)cc2)o1. The quantitative estimate of drug-likeness (QED) is 0.445. The first kappa shape index (κ1) is 21.2. The minimum atomic E-state index is -4.29. The van der Waals surface area contributed by atoms with Gasteiger partial charge in [-0.2, -0.15) is 18.5 Å². The van der Waals surface area contributed by atoms with Crippen molar-refractivity contribution in [3.05, 3.63) is 77.6 Å². The summed E-state index contributed by atoms with van der Waals surface area (Å²) in [5.41, 5.74) is 1.67. The van der Waals surface area contributed by atoms with Crippen LogP contribution in [0.3, 0.4) is 0 Å². The summed E-state index contributed by atoms with van der Waals surface area (Å²) in [6, 6.07) is 14.7. The fraction of sp³-hybridized carbons (Fsp3) is 0.0455. The van der Waals surface area contributed by atoms with Crippen LogP contribution in [0.25, 0.3) is 17.4 Å². The van der Waals surface area contributed by atoms with Crippen molar-refractivity contribution in [3.63, 3.8) is 0 Å². The summed E-state index contributed by atoms with van der Waals surface area (Å²) in [5, 5.41) is 14.5. The highest BCUT2D eigenvalue weighted by Gasteiger charge is 2.29. The molecule has 0 saturated heterocycles. The van der Waals surface area contributed by atoms with E-state index in [2.05, 4.69) is 5.10 Å². The molecular weight excluding hydrogens is 436 g/mol. The molecule has 4 rings (SSSR count). The van der Waals surface area contributed by atoms with E-state index in [0.29, 0.717) is 28.5 Å². The number of carbonyl (C=O) groups excluding carboxylic acids is 1. The number of amides is 1. The molecule has 0 bridgehead atoms. The molecule has 0 unspecified atom stereocenters. The maximum atomic E-state index is 12.9. The number of hydrazone groups is 1. The molecule has 0 radical (unpaired) electrons. The van der Waals surface area contributed by atoms with Gasteiger partial charge >= 0.3 is 5.97 Å². The van der Waals surface area contributed by atoms with Crippen molar-refractivity contribution in [2.24, 2.45) is 5.10 Å². The average molecular weight is 452 g/mol. The molecule has 0 atom stereocenters. The summed E-state index contributed by atoms with van der Waals surface area (Å²) in [6.07, 6.45) is 1.53. The second-order valence-corrected chi connectivity index (χ2v) is 8.34. The molecule has 2 heterocycles. The van der Waals surface area contributed by atoms with Crippen LogP contribution in [0.15, 0.2) is 80.7 Å². The molecule has 3 aromatic rings. The number of hydrogen-bond donors (Lipinski definition) is 2. The predicted molar refractivity (Wildman–Crippen MR) is 116 cm³/mol. The van der Waals surface area contributed by atoms with Crippen molar-refractivity contribution < 1.29 is 32.1 Å². The Morgan fingerprint density at radius 3 is 2.47 bits per heavy atom. The highest BCUT2D eigenvalue weighted by Crippen LogP contribution is 2.28. The Kier molecular flexibility index (Phi) is 5.25. The Morgan fingerprint density at radius 2 is 1.81 bits per heavy atom. The Bertz CT molecular complexity index is 1400. The number of carboxylic acid groups (broad SMARTS) is 1. The van der Waals surface area contributed by atoms with Gasteiger partial charge in [0.1, 0.15) is 11.5 Å². The zero-order valence-corrected chi connectivity index (χ0v) is 17.4. The van der Waals surface area contributed by atoms with Gasteiger partial charge < -0.3 is 9.52 Å². The largest absolute Gasteiger partial charge is 0.478 e. The van der Waals surface area contributed by atoms with Crippen LogP contribution in [0, 0.1) is 0 Å². The van der Waals surface area contributed by atoms with Gasteiger partial charge in [0.2, 0.25) is 0 Å². The predicted octanol–water partition coefficient (Wildman–Crippen LogP) is 3.70. The molecule has 2 aromatic carbocycles. The van der Waals surface area contributed by atoms with Crippen molar-refractivity contribution in [1.29, 1.82) is 0 Å². The van der Waals surface area contributed by atoms with Gasteiger partial charge in [0.15, 0.2) is 0 Å². The smallest absolute Gasteiger partial charge is 0.335 e. The van der Waals surface area contributed by atoms with Crippen molar-refractivity contribution in [2.45, 2.75) is 11.8 Å². The Labute approximate surface area is 182 Å². The first-order valence-electron chi connectivity index (χ1n) is 9.26. The normalized spacial score (nSPS) is 15.3. The molecular formula is C22H16N2O7S. The van der Waals surface area contributed by atoms with Crippen LogP contribution in [0.4, 0.5) is 5.69 Å². The summed E-state index contributed by atoms with van der Waals surface area (Å²) < 4.78 is 37.2. The summed E-state index contributed by atoms with van der Waals surface area (Å²) >= 11 is 0. The third-order valence-corrected chi connectivity index (χ3v) is 5.62. The molecule has 0 spiro atoms. The van der Waals surface area contributed by atoms with Crippen molar-refractivity contribution >= 4 is 39.5 Å². The van der Waals surface area contributed by atoms with E-state index in [4.69, 9.17) is 14.1 Å². The summed E-state index contributed by atoms with van der Waals surface area (Å²) in [6.45, 7) is 1.66. The van der Waals surface area contributed by atoms with Gasteiger partial charge in [0, 0.05) is 5.56 Å². The van der Waals surface area contributed by atoms with Crippen molar-refractivity contribution in [2.75, 3.05) is 5.01 Å². The number of hydrogen-bond acceptors (Lipinski definition) is 6. The van der Waals surface area contributed by atoms with Crippen LogP contribution >= 0.6 is 0 Å². The second-order valence-electron chi connectivity index (χ2n) is 6.92. The summed E-state index contributed by atoms with van der Waals surface area (Å²) in [4.78, 5) is 23.9. The average Bonchev–Trinajstić information content (AvgIpc) is 3.33. The summed E-state index contributed by atoms with van der Waals surface area (Å²) in [7, 11) is -4.29. The first-order valence-corrected chi connectivity index (χ1v) is 10.7. The van der Waals surface area contributed by atoms with Gasteiger partial charge in [0.25, 0.3) is 16.0 Å². The zero-order valence-electron chi connectivity index (χ0n) is 16.6. The molecule has 0 fully saturated rings. The molecule has 9 nitrogen and oxygen atoms in total. The van der Waals surface area contributed by atoms with Gasteiger partial charge in [-0.15, -0.1) is 0 Å². The van der Waals surface area contributed by atoms with E-state index < -0.39 is 22.0 Å². The number of carbonyl (C=O) groups is 2. The lowest BCUT2D eigenvalue weighted by atomic mass is 10.1. The maximum absolute atomic E-state index is 12.9. The summed E-state index contributed by atoms with van der Waals surface area (Å²) in [5.74, 6) is -0.731. The number of anilines is 1. The van der Waals surface area contributed by atoms with E-state index in [1.54, 1.807) is 25.1 Å². The van der Waals surface area contributed by atoms with E-state index in [1.807, 2.05) is 0 Å². The monoisotopic (exact) mass is 452 g/mol. The van der Waals surface area contributed by atoms with Crippen LogP contribution < -0.4 is 5.01 Å². The number of benzene rings is 2. The van der Waals surface area contributed by atoms with Crippen LogP contribution in [0.1, 0.15) is 23.0 Å². The van der Waals surface area contributed by atoms with Gasteiger partial charge in [-0.1, -0.05) is 6.07 Å². The molecule has 1 aliphatic heterocycles. The van der Waals surface area contributed by atoms with Gasteiger partial charge in [-0.05, 0) is 67.6 Å². The molecule has 2 N–H and O–H groups in total. The van der Waals surface area contributed by atoms with Crippen LogP contribution in [0.5, 0.6) is 0 Å². The lowest BCUT2D eigenvalue weighted by Crippen LogP contribution is -2.21. The van der Waals surface area contributed by atoms with E-state index in [9.17, 15) is 18.0 Å². The Balaban J connectivity index is 1.60. The standard InChI is InChI=1S/C22H16N2O7S/c1-13-19(21(25)24(23-13)16-4-2-3-15(11-16)22(26)27)12-17-7-10-20(31-17)14-5-8-18(9-6-14)32(28,29)30/h2-12H,1H3,(H,26,27)(H,28,29,30)/b19-12-. The second kappa shape index (κ2) is 7.91. The van der Waals surface area contributed by atoms with Gasteiger partial charge in [0.05, 0.1) is 27.4 Å². The van der Waals surface area contributed by atoms with Crippen molar-refractivity contribution in [1.82, 2.24) is 0 Å². The zero-order chi connectivity index (χ0) is 23.0. The minimum Gasteiger partial charge on any atom is -0.478 e. The number of rotatable bonds is 5. The first-order chi connectivity index (χ1) is 15.1. The molecule has 1 amide bonds. The van der Waals surface area contributed by atoms with Crippen LogP contribution in [0.2, 0.25) is 0 Å². The highest BCUT2D eigenvalue weighted by molar-refractivity contribution is 7.85. The lowest BCUT2D eigenvalue weighted by Gasteiger charge is -2.12. The fourth-order valence-electron chi connectivity index (χ4n) is 3.15. The minimum absolute atomic E-state index is 0.0382. The highest BCUT2D eigenvalue weighted by atomic mass is 32.2. The van der Waals surface area contributed by atoms with Gasteiger partial charge in [-0.25, -0.2) is 4.79 Å². The number of carboxylic acids is 1. The molecule has 1 aromatic heterocycles. The molecule has 0 aliphatic carbocycles. The number of nitrogens with zero attached hydrogens (tertiary/aromatic N) is 2. The van der Waals surface area contributed by atoms with Gasteiger partial charge in [-0.3, -0.25) is 9.35 Å². The molecule has 32 heavy (non-hydrogen) atoms. The molecule has 1 aliphatic rings. The fourth-order valence-corrected chi connectivity index (χ4v) is 3.63. The Hall–Kier alpha value is -4.02. The van der Waals surface area contributed by atoms with E-state index >= 15 is 0 Å². The number of furan rings is 1. The lowest BCUT2D eigenvalue weighted by molar-refractivity contribution is -0.114. The van der Waals surface area contributed by atoms with E-state index in [-0.39, 0.29) is 16.0 Å². The molecule has 0 saturated carbocycles. The van der Waals surface area contributed by atoms with Crippen LogP contribution in [-0.2, 0) is 14.9 Å². The third kappa shape index (κ3) is 4.09. The van der Waals surface area contributed by atoms with Crippen LogP contribution in [-0.4, -0.2) is 35.7 Å².